The first kappa shape index (κ1) is 88.5. The first-order valence-electron chi connectivity index (χ1n) is 38.4. The Labute approximate surface area is 673 Å². The van der Waals surface area contributed by atoms with Crippen molar-refractivity contribution in [1.82, 2.24) is 73.4 Å². The highest BCUT2D eigenvalue weighted by atomic mass is 32.2. The number of aromatic nitrogens is 2. The number of carbonyl (C=O) groups excluding carboxylic acids is 13. The van der Waals surface area contributed by atoms with Crippen LogP contribution in [0.5, 0.6) is 11.5 Å². The lowest BCUT2D eigenvalue weighted by atomic mass is 9.75. The summed E-state index contributed by atoms with van der Waals surface area (Å²) in [6.07, 6.45) is -1.69. The van der Waals surface area contributed by atoms with Gasteiger partial charge in [0, 0.05) is 93.2 Å². The molecule has 3 aromatic carbocycles. The fraction of sp³-hybridized carbons (Fsp3) is 0.519. The lowest BCUT2D eigenvalue weighted by Gasteiger charge is -2.42. The standard InChI is InChI=1S/C79H105N15O19S2/c1-41(2)78(8)76(110)91-63(44(5)96)73(107)88-59(65(80)100)39-114-37-49-14-11-15-50(30-49)38-115-40-60(84-46(7)97)68(102)90-64-45(6)112-28-9-10-29-113-54-34-61(94(36-54)75(109)58(87-74(64)108)32-48-19-23-53(99)24-20-48)71(105)89-62(43(4)95)72(106)86-57(33-51-35-82-66-55(51)16-12-27-81-66)70(104)93-79(25-13-26-79)77(111)83-42(3)67(101)85-56(69(103)92-78)31-47-17-21-52(98)22-18-47/h11-12,14-24,27,30,35,41-45,54,56-64,95-96,98-99H,9-10,13,25-26,28-29,31-34,36-40H2,1-8H3,(H2,80,100)(H,81,82)(H,83,111)(H,84,97)(H,85,101)(H,86,106)(H,87,108)(H,88,107)(H,89,105)(H,90,102)(H,91,110)(H,92,103)(H,93,104)/t42-,43+,44+,45-,54+,56-,57-,58-,59+,60-,61-,62-,63-,64+,78-/m0/s1. The van der Waals surface area contributed by atoms with Crippen molar-refractivity contribution in [3.05, 3.63) is 125 Å². The smallest absolute Gasteiger partial charge is 0.246 e. The van der Waals surface area contributed by atoms with E-state index in [9.17, 15) is 63.6 Å². The number of aliphatic hydroxyl groups is 2. The Hall–Kier alpha value is -10.4. The number of hydrogen-bond acceptors (Lipinski definition) is 22. The molecule has 1 saturated carbocycles. The van der Waals surface area contributed by atoms with Gasteiger partial charge in [-0.2, -0.15) is 23.5 Å². The van der Waals surface area contributed by atoms with Crippen LogP contribution in [-0.2, 0) is 103 Å². The molecule has 5 aromatic rings. The van der Waals surface area contributed by atoms with Crippen LogP contribution in [-0.4, -0.2) is 239 Å². The van der Waals surface area contributed by atoms with Gasteiger partial charge in [-0.05, 0) is 137 Å². The van der Waals surface area contributed by atoms with E-state index in [1.54, 1.807) is 45.2 Å². The van der Waals surface area contributed by atoms with Gasteiger partial charge in [-0.15, -0.1) is 0 Å². The van der Waals surface area contributed by atoms with Crippen LogP contribution in [0.4, 0.5) is 0 Å². The van der Waals surface area contributed by atoms with E-state index in [-0.39, 0.29) is 87.0 Å². The summed E-state index contributed by atoms with van der Waals surface area (Å²) in [5, 5.41) is 73.2. The predicted molar refractivity (Wildman–Crippen MR) is 424 cm³/mol. The third-order valence-electron chi connectivity index (χ3n) is 21.1. The molecule has 0 unspecified atom stereocenters. The van der Waals surface area contributed by atoms with Gasteiger partial charge >= 0.3 is 0 Å². The Morgan fingerprint density at radius 3 is 1.80 bits per heavy atom. The van der Waals surface area contributed by atoms with Crippen molar-refractivity contribution >= 4 is 111 Å². The molecular weight excluding hydrogens is 1530 g/mol. The molecule has 622 valence electrons. The predicted octanol–water partition coefficient (Wildman–Crippen LogP) is -0.413. The minimum Gasteiger partial charge on any atom is -0.508 e. The number of nitrogens with two attached hydrogens (primary N) is 1. The number of aromatic hydroxyl groups is 2. The van der Waals surface area contributed by atoms with Gasteiger partial charge in [0.25, 0.3) is 0 Å². The molecule has 3 aliphatic heterocycles. The number of ether oxygens (including phenoxy) is 2. The molecule has 1 spiro atoms. The summed E-state index contributed by atoms with van der Waals surface area (Å²) < 4.78 is 12.5. The Morgan fingerprint density at radius 2 is 1.20 bits per heavy atom. The molecule has 9 rings (SSSR count). The van der Waals surface area contributed by atoms with Crippen LogP contribution in [0, 0.1) is 5.92 Å². The van der Waals surface area contributed by atoms with Gasteiger partial charge in [0.2, 0.25) is 76.8 Å². The molecule has 15 atom stereocenters. The number of fused-ring (bicyclic) bond motifs is 8. The monoisotopic (exact) mass is 1630 g/mol. The van der Waals surface area contributed by atoms with Gasteiger partial charge in [0.15, 0.2) is 0 Å². The summed E-state index contributed by atoms with van der Waals surface area (Å²) in [6.45, 7) is 11.1. The molecule has 4 aliphatic rings. The van der Waals surface area contributed by atoms with E-state index >= 15 is 19.2 Å². The SMILES string of the molecule is CC(=O)N[C@H]1CSCc2cccc(c2)CSC[C@H](C(N)=O)NC(=O)[C@H]([C@@H](C)O)NC(=O)[C@](C)(C(C)C)NC(=O)[C@H](Cc2ccc(O)cc2)NC(=O)[C@H](C)NC(=O)C2(CCC2)NC(=O)[C@H](Cc2c[nH]c3ncccc23)NC(=O)[C@H]([C@@H](C)O)NC(=O)[C@@H]2C[C@@H]3CN2C(=O)[C@H](Cc2ccc(O)cc2)NC(=O)[C@H](NC1=O)[C@H](C)OCCCCO3. The van der Waals surface area contributed by atoms with E-state index < -0.39 is 179 Å². The highest BCUT2D eigenvalue weighted by molar-refractivity contribution is 7.98. The molecule has 34 nitrogen and oxygen atoms in total. The van der Waals surface area contributed by atoms with Crippen molar-refractivity contribution < 1.29 is 92.2 Å². The average molecular weight is 1630 g/mol. The minimum atomic E-state index is -1.91. The number of benzene rings is 3. The number of pyridine rings is 1. The van der Waals surface area contributed by atoms with Crippen molar-refractivity contribution in [2.45, 2.75) is 221 Å². The Morgan fingerprint density at radius 1 is 0.626 bits per heavy atom. The van der Waals surface area contributed by atoms with Gasteiger partial charge in [-0.3, -0.25) is 62.3 Å². The summed E-state index contributed by atoms with van der Waals surface area (Å²) in [7, 11) is 0. The number of nitrogens with zero attached hydrogens (tertiary/aromatic N) is 2. The molecule has 13 amide bonds. The number of thioether (sulfide) groups is 2. The summed E-state index contributed by atoms with van der Waals surface area (Å²) in [5.74, 6) is -12.1. The van der Waals surface area contributed by atoms with Crippen LogP contribution in [0.15, 0.2) is 97.3 Å². The van der Waals surface area contributed by atoms with E-state index in [0.29, 0.717) is 52.7 Å². The van der Waals surface area contributed by atoms with E-state index in [1.165, 1.54) is 118 Å². The number of H-pyrrole nitrogens is 1. The third kappa shape index (κ3) is 23.7. The van der Waals surface area contributed by atoms with Gasteiger partial charge in [-0.25, -0.2) is 4.98 Å². The van der Waals surface area contributed by atoms with E-state index in [2.05, 4.69) is 68.5 Å². The number of rotatable bonds is 11. The van der Waals surface area contributed by atoms with Crippen LogP contribution < -0.4 is 64.2 Å². The number of amides is 13. The van der Waals surface area contributed by atoms with Gasteiger partial charge < -0.3 is 104 Å². The van der Waals surface area contributed by atoms with Gasteiger partial charge in [-0.1, -0.05) is 62.4 Å². The first-order valence-corrected chi connectivity index (χ1v) is 40.7. The van der Waals surface area contributed by atoms with E-state index in [1.807, 2.05) is 18.2 Å². The van der Waals surface area contributed by atoms with E-state index in [0.717, 1.165) is 11.1 Å². The molecule has 5 heterocycles. The summed E-state index contributed by atoms with van der Waals surface area (Å²) in [5.41, 5.74) is 5.53. The summed E-state index contributed by atoms with van der Waals surface area (Å²) >= 11 is 2.50. The lowest BCUT2D eigenvalue weighted by molar-refractivity contribution is -0.144. The zero-order valence-electron chi connectivity index (χ0n) is 65.4. The quantitative estimate of drug-likeness (QED) is 0.0799. The van der Waals surface area contributed by atoms with Crippen molar-refractivity contribution in [3.8, 4) is 11.5 Å². The van der Waals surface area contributed by atoms with Crippen LogP contribution in [0.3, 0.4) is 0 Å². The number of hydrogen-bond donors (Lipinski definition) is 17. The summed E-state index contributed by atoms with van der Waals surface area (Å²) in [4.78, 5) is 198. The number of aromatic amines is 1. The van der Waals surface area contributed by atoms with Gasteiger partial charge in [0.05, 0.1) is 24.4 Å². The third-order valence-corrected chi connectivity index (χ3v) is 23.3. The first-order chi connectivity index (χ1) is 54.6. The molecule has 2 aromatic heterocycles. The zero-order chi connectivity index (χ0) is 83.6. The number of phenolic OH excluding ortho intramolecular Hbond substituents is 2. The minimum absolute atomic E-state index is 0.0204. The second kappa shape index (κ2) is 40.3. The Bertz CT molecular complexity index is 4340. The second-order valence-corrected chi connectivity index (χ2v) is 32.4. The zero-order valence-corrected chi connectivity index (χ0v) is 67.0. The Balaban J connectivity index is 1.05. The maximum absolute atomic E-state index is 15.5. The van der Waals surface area contributed by atoms with Crippen LogP contribution >= 0.6 is 23.5 Å². The topological polar surface area (TPSA) is 512 Å². The van der Waals surface area contributed by atoms with Crippen molar-refractivity contribution in [1.29, 1.82) is 0 Å². The molecule has 115 heavy (non-hydrogen) atoms. The van der Waals surface area contributed by atoms with Crippen molar-refractivity contribution in [2.75, 3.05) is 31.3 Å². The van der Waals surface area contributed by atoms with Gasteiger partial charge in [0.1, 0.15) is 88.6 Å². The van der Waals surface area contributed by atoms with Crippen molar-refractivity contribution in [3.63, 3.8) is 0 Å². The van der Waals surface area contributed by atoms with Crippen LogP contribution in [0.2, 0.25) is 0 Å². The molecule has 2 saturated heterocycles. The largest absolute Gasteiger partial charge is 0.508 e. The van der Waals surface area contributed by atoms with Crippen LogP contribution in [0.1, 0.15) is 122 Å². The molecule has 1 aliphatic carbocycles. The lowest BCUT2D eigenvalue weighted by Crippen LogP contribution is -2.68. The normalized spacial score (nSPS) is 27.5. The number of nitrogens with one attached hydrogen (secondary N) is 12. The highest BCUT2D eigenvalue weighted by Crippen LogP contribution is 2.34. The molecule has 3 fully saturated rings. The number of carbonyl (C=O) groups is 13. The molecule has 36 heteroatoms. The molecular formula is C79H105N15O19S2. The number of primary amides is 1. The van der Waals surface area contributed by atoms with Crippen LogP contribution in [0.25, 0.3) is 11.0 Å². The Kier molecular flexibility index (Phi) is 31.0. The molecule has 18 N–H and O–H groups in total. The second-order valence-electron chi connectivity index (χ2n) is 30.3. The summed E-state index contributed by atoms with van der Waals surface area (Å²) in [6, 6.07) is 6.99. The number of aliphatic hydroxyl groups excluding tert-OH is 2. The molecule has 0 radical (unpaired) electrons. The highest BCUT2D eigenvalue weighted by Gasteiger charge is 2.50. The molecule has 5 bridgehead atoms. The fourth-order valence-corrected chi connectivity index (χ4v) is 15.8. The number of phenols is 2. The fourth-order valence-electron chi connectivity index (χ4n) is 13.8. The van der Waals surface area contributed by atoms with Crippen molar-refractivity contribution in [2.24, 2.45) is 11.7 Å². The van der Waals surface area contributed by atoms with E-state index in [4.69, 9.17) is 15.2 Å². The average Bonchev–Trinajstić information content (AvgIpc) is 1.36. The maximum Gasteiger partial charge on any atom is 0.246 e. The maximum atomic E-state index is 15.5.